The summed E-state index contributed by atoms with van der Waals surface area (Å²) in [5.41, 5.74) is 1.30. The van der Waals surface area contributed by atoms with Gasteiger partial charge in [0.1, 0.15) is 5.82 Å². The first-order valence-corrected chi connectivity index (χ1v) is 6.68. The second kappa shape index (κ2) is 5.36. The molecule has 1 N–H and O–H groups in total. The molecule has 0 fully saturated rings. The third-order valence-electron chi connectivity index (χ3n) is 2.58. The molecule has 1 unspecified atom stereocenters. The average molecular weight is 247 g/mol. The van der Waals surface area contributed by atoms with E-state index in [1.165, 1.54) is 5.56 Å². The second-order valence-electron chi connectivity index (χ2n) is 4.33. The summed E-state index contributed by atoms with van der Waals surface area (Å²) in [7, 11) is 0. The molecule has 2 aromatic rings. The van der Waals surface area contributed by atoms with E-state index < -0.39 is 0 Å². The number of nitrogens with zero attached hydrogens (tertiary/aromatic N) is 2. The SMILES string of the molecule is CC(C)c1nc(SC(C)c2ccccc2)n[nH]1. The first kappa shape index (κ1) is 12.2. The van der Waals surface area contributed by atoms with Gasteiger partial charge in [-0.15, -0.1) is 5.10 Å². The molecule has 0 bridgehead atoms. The molecule has 0 saturated carbocycles. The minimum atomic E-state index is 0.368. The van der Waals surface area contributed by atoms with Gasteiger partial charge in [-0.05, 0) is 12.5 Å². The standard InChI is InChI=1S/C13H17N3S/c1-9(2)12-14-13(16-15-12)17-10(3)11-7-5-4-6-8-11/h4-10H,1-3H3,(H,14,15,16). The lowest BCUT2D eigenvalue weighted by atomic mass is 10.2. The fraction of sp³-hybridized carbons (Fsp3) is 0.385. The average Bonchev–Trinajstić information content (AvgIpc) is 2.79. The van der Waals surface area contributed by atoms with Crippen LogP contribution in [-0.4, -0.2) is 15.2 Å². The predicted molar refractivity (Wildman–Crippen MR) is 71.2 cm³/mol. The Morgan fingerprint density at radius 3 is 2.41 bits per heavy atom. The van der Waals surface area contributed by atoms with Crippen LogP contribution in [0.2, 0.25) is 0 Å². The van der Waals surface area contributed by atoms with Crippen LogP contribution in [-0.2, 0) is 0 Å². The van der Waals surface area contributed by atoms with Crippen molar-refractivity contribution in [1.29, 1.82) is 0 Å². The van der Waals surface area contributed by atoms with Gasteiger partial charge >= 0.3 is 0 Å². The van der Waals surface area contributed by atoms with Crippen LogP contribution >= 0.6 is 11.8 Å². The quantitative estimate of drug-likeness (QED) is 0.836. The zero-order chi connectivity index (χ0) is 12.3. The van der Waals surface area contributed by atoms with Crippen molar-refractivity contribution in [2.45, 2.75) is 37.1 Å². The van der Waals surface area contributed by atoms with Crippen LogP contribution < -0.4 is 0 Å². The number of aromatic nitrogens is 3. The number of aromatic amines is 1. The van der Waals surface area contributed by atoms with E-state index in [0.29, 0.717) is 11.2 Å². The molecule has 0 aliphatic carbocycles. The Balaban J connectivity index is 2.05. The van der Waals surface area contributed by atoms with Gasteiger partial charge in [0, 0.05) is 11.2 Å². The van der Waals surface area contributed by atoms with E-state index in [0.717, 1.165) is 11.0 Å². The molecule has 17 heavy (non-hydrogen) atoms. The van der Waals surface area contributed by atoms with Gasteiger partial charge in [0.2, 0.25) is 5.16 Å². The van der Waals surface area contributed by atoms with Gasteiger partial charge in [0.15, 0.2) is 0 Å². The van der Waals surface area contributed by atoms with Gasteiger partial charge in [-0.2, -0.15) is 0 Å². The second-order valence-corrected chi connectivity index (χ2v) is 5.64. The highest BCUT2D eigenvalue weighted by Crippen LogP contribution is 2.32. The number of hydrogen-bond acceptors (Lipinski definition) is 3. The molecule has 0 aliphatic heterocycles. The molecule has 0 spiro atoms. The normalized spacial score (nSPS) is 12.9. The van der Waals surface area contributed by atoms with Crippen LogP contribution in [0.4, 0.5) is 0 Å². The van der Waals surface area contributed by atoms with Gasteiger partial charge in [-0.25, -0.2) is 4.98 Å². The number of thioether (sulfide) groups is 1. The fourth-order valence-electron chi connectivity index (χ4n) is 1.52. The molecule has 4 heteroatoms. The molecule has 1 aromatic heterocycles. The van der Waals surface area contributed by atoms with Crippen molar-refractivity contribution < 1.29 is 0 Å². The van der Waals surface area contributed by atoms with Crippen molar-refractivity contribution in [2.24, 2.45) is 0 Å². The summed E-state index contributed by atoms with van der Waals surface area (Å²) in [5, 5.41) is 8.40. The van der Waals surface area contributed by atoms with Crippen LogP contribution in [0.25, 0.3) is 0 Å². The molecule has 90 valence electrons. The minimum absolute atomic E-state index is 0.368. The van der Waals surface area contributed by atoms with Crippen molar-refractivity contribution in [2.75, 3.05) is 0 Å². The Bertz CT molecular complexity index is 465. The highest BCUT2D eigenvalue weighted by Gasteiger charge is 2.12. The molecule has 0 saturated heterocycles. The third-order valence-corrected chi connectivity index (χ3v) is 3.60. The monoisotopic (exact) mass is 247 g/mol. The van der Waals surface area contributed by atoms with Crippen molar-refractivity contribution in [1.82, 2.24) is 15.2 Å². The van der Waals surface area contributed by atoms with Crippen molar-refractivity contribution in [3.05, 3.63) is 41.7 Å². The van der Waals surface area contributed by atoms with E-state index in [9.17, 15) is 0 Å². The Hall–Kier alpha value is -1.29. The molecule has 3 nitrogen and oxygen atoms in total. The van der Waals surface area contributed by atoms with Gasteiger partial charge < -0.3 is 0 Å². The number of nitrogens with one attached hydrogen (secondary N) is 1. The first-order chi connectivity index (χ1) is 8.16. The van der Waals surface area contributed by atoms with Gasteiger partial charge in [-0.1, -0.05) is 55.9 Å². The van der Waals surface area contributed by atoms with Crippen LogP contribution in [0.3, 0.4) is 0 Å². The van der Waals surface area contributed by atoms with E-state index in [2.05, 4.69) is 60.2 Å². The highest BCUT2D eigenvalue weighted by atomic mass is 32.2. The van der Waals surface area contributed by atoms with E-state index in [4.69, 9.17) is 0 Å². The zero-order valence-corrected chi connectivity index (χ0v) is 11.2. The Morgan fingerprint density at radius 2 is 1.82 bits per heavy atom. The molecule has 0 amide bonds. The lowest BCUT2D eigenvalue weighted by Gasteiger charge is -2.08. The van der Waals surface area contributed by atoms with Crippen LogP contribution in [0.1, 0.15) is 43.3 Å². The molecule has 1 aromatic carbocycles. The van der Waals surface area contributed by atoms with Crippen LogP contribution in [0.5, 0.6) is 0 Å². The summed E-state index contributed by atoms with van der Waals surface area (Å²) in [4.78, 5) is 4.47. The number of H-pyrrole nitrogens is 1. The van der Waals surface area contributed by atoms with Crippen molar-refractivity contribution >= 4 is 11.8 Å². The summed E-state index contributed by atoms with van der Waals surface area (Å²) in [6.07, 6.45) is 0. The number of benzene rings is 1. The molecule has 1 heterocycles. The van der Waals surface area contributed by atoms with Gasteiger partial charge in [-0.3, -0.25) is 5.10 Å². The predicted octanol–water partition coefficient (Wildman–Crippen LogP) is 3.78. The summed E-state index contributed by atoms with van der Waals surface area (Å²) in [6.45, 7) is 6.39. The molecule has 2 rings (SSSR count). The zero-order valence-electron chi connectivity index (χ0n) is 10.3. The maximum Gasteiger partial charge on any atom is 0.209 e. The molecule has 0 aliphatic rings. The first-order valence-electron chi connectivity index (χ1n) is 5.80. The van der Waals surface area contributed by atoms with E-state index in [1.807, 2.05) is 6.07 Å². The highest BCUT2D eigenvalue weighted by molar-refractivity contribution is 7.99. The Morgan fingerprint density at radius 1 is 1.12 bits per heavy atom. The van der Waals surface area contributed by atoms with Gasteiger partial charge in [0.05, 0.1) is 0 Å². The summed E-state index contributed by atoms with van der Waals surface area (Å²) in [5.74, 6) is 1.34. The molecule has 0 radical (unpaired) electrons. The largest absolute Gasteiger partial charge is 0.262 e. The maximum absolute atomic E-state index is 4.47. The summed E-state index contributed by atoms with van der Waals surface area (Å²) in [6, 6.07) is 10.4. The molecule has 1 atom stereocenters. The van der Waals surface area contributed by atoms with Crippen LogP contribution in [0, 0.1) is 0 Å². The number of hydrogen-bond donors (Lipinski definition) is 1. The minimum Gasteiger partial charge on any atom is -0.262 e. The smallest absolute Gasteiger partial charge is 0.209 e. The Labute approximate surface area is 106 Å². The van der Waals surface area contributed by atoms with Crippen molar-refractivity contribution in [3.63, 3.8) is 0 Å². The van der Waals surface area contributed by atoms with E-state index in [1.54, 1.807) is 11.8 Å². The summed E-state index contributed by atoms with van der Waals surface area (Å²) < 4.78 is 0. The maximum atomic E-state index is 4.47. The lowest BCUT2D eigenvalue weighted by molar-refractivity contribution is 0.780. The van der Waals surface area contributed by atoms with Gasteiger partial charge in [0.25, 0.3) is 0 Å². The van der Waals surface area contributed by atoms with Crippen molar-refractivity contribution in [3.8, 4) is 0 Å². The van der Waals surface area contributed by atoms with E-state index >= 15 is 0 Å². The van der Waals surface area contributed by atoms with Crippen LogP contribution in [0.15, 0.2) is 35.5 Å². The number of rotatable bonds is 4. The molecular weight excluding hydrogens is 230 g/mol. The Kier molecular flexibility index (Phi) is 3.84. The lowest BCUT2D eigenvalue weighted by Crippen LogP contribution is -1.90. The molecular formula is C13H17N3S. The topological polar surface area (TPSA) is 41.6 Å². The third kappa shape index (κ3) is 3.09. The fourth-order valence-corrected chi connectivity index (χ4v) is 2.38. The van der Waals surface area contributed by atoms with E-state index in [-0.39, 0.29) is 0 Å². The summed E-state index contributed by atoms with van der Waals surface area (Å²) >= 11 is 1.68.